The Morgan fingerprint density at radius 3 is 2.46 bits per heavy atom. The van der Waals surface area contributed by atoms with Crippen LogP contribution in [0.1, 0.15) is 20.8 Å². The van der Waals surface area contributed by atoms with Crippen LogP contribution in [0.3, 0.4) is 0 Å². The molecule has 0 spiro atoms. The molecule has 0 atom stereocenters. The first-order chi connectivity index (χ1) is 5.88. The lowest BCUT2D eigenvalue weighted by atomic mass is 10.1. The van der Waals surface area contributed by atoms with E-state index in [0.717, 1.165) is 11.4 Å². The van der Waals surface area contributed by atoms with Crippen LogP contribution in [-0.2, 0) is 0 Å². The van der Waals surface area contributed by atoms with Gasteiger partial charge in [0.2, 0.25) is 0 Å². The van der Waals surface area contributed by atoms with Crippen LogP contribution in [0.5, 0.6) is 0 Å². The van der Waals surface area contributed by atoms with Crippen molar-refractivity contribution in [3.05, 3.63) is 23.2 Å². The maximum absolute atomic E-state index is 5.85. The fourth-order valence-corrected chi connectivity index (χ4v) is 1.21. The van der Waals surface area contributed by atoms with E-state index < -0.39 is 0 Å². The molecule has 0 fully saturated rings. The number of nitrogens with two attached hydrogens (primary N) is 1. The van der Waals surface area contributed by atoms with Crippen molar-refractivity contribution in [3.8, 4) is 0 Å². The molecule has 0 bridgehead atoms. The minimum atomic E-state index is -0.00119. The van der Waals surface area contributed by atoms with Gasteiger partial charge in [-0.15, -0.1) is 0 Å². The highest BCUT2D eigenvalue weighted by atomic mass is 35.5. The quantitative estimate of drug-likeness (QED) is 0.681. The van der Waals surface area contributed by atoms with Crippen LogP contribution in [0.2, 0.25) is 5.02 Å². The molecule has 72 valence electrons. The molecule has 2 nitrogen and oxygen atoms in total. The fourth-order valence-electron chi connectivity index (χ4n) is 1.04. The van der Waals surface area contributed by atoms with Crippen LogP contribution in [-0.4, -0.2) is 5.54 Å². The number of nitrogens with one attached hydrogen (secondary N) is 1. The normalized spacial score (nSPS) is 11.4. The molecule has 0 amide bonds. The molecule has 1 aromatic rings. The van der Waals surface area contributed by atoms with E-state index in [1.54, 1.807) is 12.1 Å². The average Bonchev–Trinajstić information content (AvgIpc) is 1.94. The minimum Gasteiger partial charge on any atom is -0.397 e. The van der Waals surface area contributed by atoms with Crippen molar-refractivity contribution in [3.63, 3.8) is 0 Å². The third-order valence-corrected chi connectivity index (χ3v) is 1.76. The van der Waals surface area contributed by atoms with Crippen LogP contribution >= 0.6 is 11.6 Å². The maximum atomic E-state index is 5.85. The van der Waals surface area contributed by atoms with E-state index in [-0.39, 0.29) is 5.54 Å². The molecule has 13 heavy (non-hydrogen) atoms. The second-order valence-electron chi connectivity index (χ2n) is 4.11. The summed E-state index contributed by atoms with van der Waals surface area (Å²) in [6.07, 6.45) is 0. The lowest BCUT2D eigenvalue weighted by Crippen LogP contribution is -2.26. The Morgan fingerprint density at radius 2 is 1.92 bits per heavy atom. The van der Waals surface area contributed by atoms with Crippen molar-refractivity contribution in [1.82, 2.24) is 0 Å². The molecule has 0 saturated carbocycles. The van der Waals surface area contributed by atoms with Crippen LogP contribution < -0.4 is 11.1 Å². The maximum Gasteiger partial charge on any atom is 0.0592 e. The fraction of sp³-hybridized carbons (Fsp3) is 0.400. The number of anilines is 2. The Hall–Kier alpha value is -0.890. The molecule has 3 N–H and O–H groups in total. The monoisotopic (exact) mass is 198 g/mol. The van der Waals surface area contributed by atoms with E-state index in [9.17, 15) is 0 Å². The summed E-state index contributed by atoms with van der Waals surface area (Å²) in [5.74, 6) is 0. The van der Waals surface area contributed by atoms with E-state index in [1.165, 1.54) is 0 Å². The summed E-state index contributed by atoms with van der Waals surface area (Å²) in [7, 11) is 0. The Labute approximate surface area is 84.1 Å². The van der Waals surface area contributed by atoms with Gasteiger partial charge in [0.05, 0.1) is 11.4 Å². The smallest absolute Gasteiger partial charge is 0.0592 e. The van der Waals surface area contributed by atoms with Crippen molar-refractivity contribution in [2.45, 2.75) is 26.3 Å². The van der Waals surface area contributed by atoms with Gasteiger partial charge in [0.1, 0.15) is 0 Å². The van der Waals surface area contributed by atoms with E-state index in [0.29, 0.717) is 5.02 Å². The molecule has 0 aliphatic carbocycles. The van der Waals surface area contributed by atoms with Crippen molar-refractivity contribution in [1.29, 1.82) is 0 Å². The molecule has 0 unspecified atom stereocenters. The topological polar surface area (TPSA) is 38.0 Å². The van der Waals surface area contributed by atoms with Gasteiger partial charge in [-0.05, 0) is 39.0 Å². The molecule has 1 rings (SSSR count). The predicted molar refractivity (Wildman–Crippen MR) is 59.2 cm³/mol. The highest BCUT2D eigenvalue weighted by molar-refractivity contribution is 6.31. The number of halogens is 1. The van der Waals surface area contributed by atoms with E-state index in [1.807, 2.05) is 6.07 Å². The zero-order valence-corrected chi connectivity index (χ0v) is 8.94. The zero-order valence-electron chi connectivity index (χ0n) is 8.19. The Bertz CT molecular complexity index is 302. The second kappa shape index (κ2) is 3.46. The molecule has 0 heterocycles. The molecular formula is C10H15ClN2. The molecule has 0 aromatic heterocycles. The van der Waals surface area contributed by atoms with E-state index in [4.69, 9.17) is 17.3 Å². The van der Waals surface area contributed by atoms with Crippen LogP contribution in [0, 0.1) is 0 Å². The highest BCUT2D eigenvalue weighted by Gasteiger charge is 2.11. The molecule has 1 aromatic carbocycles. The molecule has 0 saturated heterocycles. The number of rotatable bonds is 1. The Morgan fingerprint density at radius 1 is 1.31 bits per heavy atom. The largest absolute Gasteiger partial charge is 0.397 e. The third kappa shape index (κ3) is 3.15. The highest BCUT2D eigenvalue weighted by Crippen LogP contribution is 2.25. The van der Waals surface area contributed by atoms with Gasteiger partial charge in [0, 0.05) is 10.6 Å². The van der Waals surface area contributed by atoms with Gasteiger partial charge in [-0.3, -0.25) is 0 Å². The molecule has 3 heteroatoms. The summed E-state index contributed by atoms with van der Waals surface area (Å²) in [5, 5.41) is 3.98. The Kier molecular flexibility index (Phi) is 2.71. The van der Waals surface area contributed by atoms with Crippen molar-refractivity contribution in [2.75, 3.05) is 11.1 Å². The third-order valence-electron chi connectivity index (χ3n) is 1.53. The van der Waals surface area contributed by atoms with Gasteiger partial charge < -0.3 is 11.1 Å². The minimum absolute atomic E-state index is 0.00119. The van der Waals surface area contributed by atoms with Gasteiger partial charge >= 0.3 is 0 Å². The number of benzene rings is 1. The number of hydrogen-bond donors (Lipinski definition) is 2. The summed E-state index contributed by atoms with van der Waals surface area (Å²) in [5.41, 5.74) is 7.38. The van der Waals surface area contributed by atoms with E-state index >= 15 is 0 Å². The van der Waals surface area contributed by atoms with Gasteiger partial charge in [0.25, 0.3) is 0 Å². The number of hydrogen-bond acceptors (Lipinski definition) is 2. The van der Waals surface area contributed by atoms with Gasteiger partial charge in [-0.2, -0.15) is 0 Å². The van der Waals surface area contributed by atoms with E-state index in [2.05, 4.69) is 26.1 Å². The van der Waals surface area contributed by atoms with Gasteiger partial charge in [0.15, 0.2) is 0 Å². The number of nitrogen functional groups attached to an aromatic ring is 1. The molecule has 0 aliphatic rings. The first-order valence-electron chi connectivity index (χ1n) is 4.22. The summed E-state index contributed by atoms with van der Waals surface area (Å²) in [6, 6.07) is 5.42. The first kappa shape index (κ1) is 10.2. The predicted octanol–water partition coefficient (Wildman–Crippen LogP) is 3.13. The van der Waals surface area contributed by atoms with Crippen LogP contribution in [0.4, 0.5) is 11.4 Å². The molecule has 0 aliphatic heterocycles. The van der Waals surface area contributed by atoms with Crippen LogP contribution in [0.15, 0.2) is 18.2 Å². The van der Waals surface area contributed by atoms with Gasteiger partial charge in [-0.25, -0.2) is 0 Å². The lowest BCUT2D eigenvalue weighted by molar-refractivity contribution is 0.634. The first-order valence-corrected chi connectivity index (χ1v) is 4.59. The lowest BCUT2D eigenvalue weighted by Gasteiger charge is -2.23. The summed E-state index contributed by atoms with van der Waals surface area (Å²) < 4.78 is 0. The SMILES string of the molecule is CC(C)(C)Nc1cc(Cl)ccc1N. The Balaban J connectivity index is 2.94. The summed E-state index contributed by atoms with van der Waals surface area (Å²) in [6.45, 7) is 6.23. The van der Waals surface area contributed by atoms with Gasteiger partial charge in [-0.1, -0.05) is 11.6 Å². The standard InChI is InChI=1S/C10H15ClN2/c1-10(2,3)13-9-6-7(11)4-5-8(9)12/h4-6,13H,12H2,1-3H3. The molecule has 0 radical (unpaired) electrons. The average molecular weight is 199 g/mol. The second-order valence-corrected chi connectivity index (χ2v) is 4.54. The van der Waals surface area contributed by atoms with Crippen LogP contribution in [0.25, 0.3) is 0 Å². The van der Waals surface area contributed by atoms with Crippen molar-refractivity contribution < 1.29 is 0 Å². The van der Waals surface area contributed by atoms with Crippen molar-refractivity contribution >= 4 is 23.0 Å². The summed E-state index contributed by atoms with van der Waals surface area (Å²) in [4.78, 5) is 0. The zero-order chi connectivity index (χ0) is 10.1. The van der Waals surface area contributed by atoms with Crippen molar-refractivity contribution in [2.24, 2.45) is 0 Å². The molecular weight excluding hydrogens is 184 g/mol. The summed E-state index contributed by atoms with van der Waals surface area (Å²) >= 11 is 5.85.